The molecule has 1 aliphatic carbocycles. The van der Waals surface area contributed by atoms with Crippen LogP contribution in [0.15, 0.2) is 6.07 Å². The molecule has 0 bridgehead atoms. The summed E-state index contributed by atoms with van der Waals surface area (Å²) in [7, 11) is 0. The molecule has 2 rings (SSSR count). The van der Waals surface area contributed by atoms with Gasteiger partial charge in [0.05, 0.1) is 11.0 Å². The molecular weight excluding hydrogens is 244 g/mol. The van der Waals surface area contributed by atoms with Gasteiger partial charge in [-0.05, 0) is 39.7 Å². The number of nitrogens with zero attached hydrogens (tertiary/aromatic N) is 1. The molecular formula is C14H20N2O3. The van der Waals surface area contributed by atoms with Crippen LogP contribution in [0.3, 0.4) is 0 Å². The lowest BCUT2D eigenvalue weighted by Crippen LogP contribution is -2.34. The second-order valence-electron chi connectivity index (χ2n) is 5.30. The van der Waals surface area contributed by atoms with Crippen LogP contribution in [0, 0.1) is 19.3 Å². The van der Waals surface area contributed by atoms with Crippen LogP contribution in [0.25, 0.3) is 0 Å². The maximum Gasteiger partial charge on any atom is 0.311 e. The third-order valence-corrected chi connectivity index (χ3v) is 4.03. The van der Waals surface area contributed by atoms with Gasteiger partial charge in [-0.1, -0.05) is 0 Å². The Hall–Kier alpha value is -1.78. The van der Waals surface area contributed by atoms with E-state index in [4.69, 9.17) is 5.11 Å². The van der Waals surface area contributed by atoms with Gasteiger partial charge >= 0.3 is 5.97 Å². The summed E-state index contributed by atoms with van der Waals surface area (Å²) >= 11 is 0. The van der Waals surface area contributed by atoms with E-state index in [0.717, 1.165) is 17.9 Å². The Bertz CT molecular complexity index is 527. The summed E-state index contributed by atoms with van der Waals surface area (Å²) in [4.78, 5) is 23.2. The highest BCUT2D eigenvalue weighted by Gasteiger charge is 2.50. The Morgan fingerprint density at radius 1 is 1.42 bits per heavy atom. The van der Waals surface area contributed by atoms with Crippen LogP contribution in [-0.2, 0) is 11.3 Å². The number of carbonyl (C=O) groups excluding carboxylic acids is 1. The molecule has 1 aliphatic rings. The van der Waals surface area contributed by atoms with Gasteiger partial charge in [-0.15, -0.1) is 0 Å². The second kappa shape index (κ2) is 4.72. The zero-order valence-corrected chi connectivity index (χ0v) is 11.6. The molecule has 0 aromatic carbocycles. The minimum Gasteiger partial charge on any atom is -0.481 e. The first kappa shape index (κ1) is 13.6. The van der Waals surface area contributed by atoms with Gasteiger partial charge in [-0.3, -0.25) is 9.59 Å². The smallest absolute Gasteiger partial charge is 0.311 e. The zero-order chi connectivity index (χ0) is 14.2. The normalized spacial score (nSPS) is 16.2. The number of carbonyl (C=O) groups is 2. The highest BCUT2D eigenvalue weighted by atomic mass is 16.4. The van der Waals surface area contributed by atoms with Gasteiger partial charge in [-0.25, -0.2) is 0 Å². The summed E-state index contributed by atoms with van der Waals surface area (Å²) < 4.78 is 2.07. The van der Waals surface area contributed by atoms with Gasteiger partial charge in [-0.2, -0.15) is 0 Å². The number of aliphatic carboxylic acids is 1. The summed E-state index contributed by atoms with van der Waals surface area (Å²) in [6.07, 6.45) is 1.30. The van der Waals surface area contributed by atoms with Crippen LogP contribution < -0.4 is 5.32 Å². The number of carboxylic acids is 1. The molecule has 1 fully saturated rings. The summed E-state index contributed by atoms with van der Waals surface area (Å²) in [5.41, 5.74) is 1.90. The number of amides is 1. The van der Waals surface area contributed by atoms with Crippen molar-refractivity contribution in [3.05, 3.63) is 23.0 Å². The summed E-state index contributed by atoms with van der Waals surface area (Å²) in [6, 6.07) is 1.86. The van der Waals surface area contributed by atoms with E-state index in [1.807, 2.05) is 26.8 Å². The molecule has 0 spiro atoms. The standard InChI is InChI=1S/C14H20N2O3/c1-4-16-9(2)7-11(10(16)3)12(17)15-8-14(5-6-14)13(18)19/h7H,4-6,8H2,1-3H3,(H,15,17)(H,18,19). The third-order valence-electron chi connectivity index (χ3n) is 4.03. The number of aryl methyl sites for hydroxylation is 1. The maximum absolute atomic E-state index is 12.1. The SMILES string of the molecule is CCn1c(C)cc(C(=O)NCC2(C(=O)O)CC2)c1C. The van der Waals surface area contributed by atoms with E-state index in [-0.39, 0.29) is 12.5 Å². The highest BCUT2D eigenvalue weighted by molar-refractivity contribution is 5.96. The van der Waals surface area contributed by atoms with Crippen LogP contribution in [0.4, 0.5) is 0 Å². The van der Waals surface area contributed by atoms with Gasteiger partial charge in [0.2, 0.25) is 0 Å². The van der Waals surface area contributed by atoms with Gasteiger partial charge in [0.25, 0.3) is 5.91 Å². The fourth-order valence-corrected chi connectivity index (χ4v) is 2.48. The van der Waals surface area contributed by atoms with E-state index in [1.54, 1.807) is 0 Å². The van der Waals surface area contributed by atoms with Gasteiger partial charge in [0.15, 0.2) is 0 Å². The van der Waals surface area contributed by atoms with Crippen molar-refractivity contribution in [1.29, 1.82) is 0 Å². The molecule has 0 atom stereocenters. The average molecular weight is 264 g/mol. The Labute approximate surface area is 112 Å². The van der Waals surface area contributed by atoms with Crippen LogP contribution in [0.2, 0.25) is 0 Å². The van der Waals surface area contributed by atoms with Crippen LogP contribution >= 0.6 is 0 Å². The number of rotatable bonds is 5. The largest absolute Gasteiger partial charge is 0.481 e. The van der Waals surface area contributed by atoms with E-state index < -0.39 is 11.4 Å². The first-order chi connectivity index (χ1) is 8.91. The minimum absolute atomic E-state index is 0.180. The number of nitrogens with one attached hydrogen (secondary N) is 1. The number of carboxylic acid groups (broad SMARTS) is 1. The van der Waals surface area contributed by atoms with E-state index >= 15 is 0 Å². The lowest BCUT2D eigenvalue weighted by molar-refractivity contribution is -0.143. The number of aromatic nitrogens is 1. The van der Waals surface area contributed by atoms with Crippen molar-refractivity contribution >= 4 is 11.9 Å². The Balaban J connectivity index is 2.07. The number of hydrogen-bond donors (Lipinski definition) is 2. The molecule has 0 saturated heterocycles. The third kappa shape index (κ3) is 2.37. The molecule has 104 valence electrons. The Kier molecular flexibility index (Phi) is 3.39. The van der Waals surface area contributed by atoms with Crippen LogP contribution in [0.1, 0.15) is 41.5 Å². The van der Waals surface area contributed by atoms with Gasteiger partial charge < -0.3 is 15.0 Å². The highest BCUT2D eigenvalue weighted by Crippen LogP contribution is 2.45. The molecule has 2 N–H and O–H groups in total. The lowest BCUT2D eigenvalue weighted by atomic mass is 10.1. The fraction of sp³-hybridized carbons (Fsp3) is 0.571. The molecule has 0 aliphatic heterocycles. The van der Waals surface area contributed by atoms with E-state index in [9.17, 15) is 9.59 Å². The fourth-order valence-electron chi connectivity index (χ4n) is 2.48. The summed E-state index contributed by atoms with van der Waals surface area (Å²) in [5.74, 6) is -0.993. The van der Waals surface area contributed by atoms with Crippen molar-refractivity contribution in [2.45, 2.75) is 40.2 Å². The lowest BCUT2D eigenvalue weighted by Gasteiger charge is -2.11. The molecule has 5 heteroatoms. The quantitative estimate of drug-likeness (QED) is 0.850. The molecule has 0 unspecified atom stereocenters. The van der Waals surface area contributed by atoms with Crippen LogP contribution in [0.5, 0.6) is 0 Å². The molecule has 1 heterocycles. The molecule has 0 radical (unpaired) electrons. The predicted molar refractivity (Wildman–Crippen MR) is 71.2 cm³/mol. The van der Waals surface area contributed by atoms with Crippen molar-refractivity contribution in [2.75, 3.05) is 6.54 Å². The number of hydrogen-bond acceptors (Lipinski definition) is 2. The molecule has 1 aromatic heterocycles. The van der Waals surface area contributed by atoms with Gasteiger partial charge in [0.1, 0.15) is 0 Å². The minimum atomic E-state index is -0.813. The molecule has 1 saturated carbocycles. The molecule has 19 heavy (non-hydrogen) atoms. The van der Waals surface area contributed by atoms with Crippen molar-refractivity contribution in [3.63, 3.8) is 0 Å². The summed E-state index contributed by atoms with van der Waals surface area (Å²) in [5, 5.41) is 11.8. The second-order valence-corrected chi connectivity index (χ2v) is 5.30. The zero-order valence-electron chi connectivity index (χ0n) is 11.6. The van der Waals surface area contributed by atoms with E-state index in [1.165, 1.54) is 0 Å². The average Bonchev–Trinajstić information content (AvgIpc) is 3.09. The van der Waals surface area contributed by atoms with Crippen molar-refractivity contribution < 1.29 is 14.7 Å². The topological polar surface area (TPSA) is 71.3 Å². The van der Waals surface area contributed by atoms with Crippen molar-refractivity contribution in [1.82, 2.24) is 9.88 Å². The maximum atomic E-state index is 12.1. The van der Waals surface area contributed by atoms with E-state index in [2.05, 4.69) is 9.88 Å². The Morgan fingerprint density at radius 2 is 2.05 bits per heavy atom. The first-order valence-electron chi connectivity index (χ1n) is 6.59. The monoisotopic (exact) mass is 264 g/mol. The molecule has 1 aromatic rings. The van der Waals surface area contributed by atoms with E-state index in [0.29, 0.717) is 18.4 Å². The predicted octanol–water partition coefficient (Wildman–Crippen LogP) is 1.72. The molecule has 5 nitrogen and oxygen atoms in total. The molecule has 1 amide bonds. The Morgan fingerprint density at radius 3 is 2.47 bits per heavy atom. The van der Waals surface area contributed by atoms with Gasteiger partial charge in [0, 0.05) is 24.5 Å². The summed E-state index contributed by atoms with van der Waals surface area (Å²) in [6.45, 7) is 6.95. The van der Waals surface area contributed by atoms with Crippen molar-refractivity contribution in [2.24, 2.45) is 5.41 Å². The van der Waals surface area contributed by atoms with Crippen molar-refractivity contribution in [3.8, 4) is 0 Å². The van der Waals surface area contributed by atoms with Crippen LogP contribution in [-0.4, -0.2) is 28.1 Å². The first-order valence-corrected chi connectivity index (χ1v) is 6.59.